The van der Waals surface area contributed by atoms with Crippen LogP contribution in [0.3, 0.4) is 0 Å². The third kappa shape index (κ3) is 5.13. The highest BCUT2D eigenvalue weighted by Gasteiger charge is 2.06. The van der Waals surface area contributed by atoms with E-state index >= 15 is 0 Å². The largest absolute Gasteiger partial charge is 0.493 e. The summed E-state index contributed by atoms with van der Waals surface area (Å²) in [5.74, 6) is 1.66. The van der Waals surface area contributed by atoms with Crippen molar-refractivity contribution >= 4 is 17.8 Å². The summed E-state index contributed by atoms with van der Waals surface area (Å²) in [4.78, 5) is 16.6. The predicted octanol–water partition coefficient (Wildman–Crippen LogP) is 4.37. The fourth-order valence-corrected chi connectivity index (χ4v) is 2.48. The van der Waals surface area contributed by atoms with Gasteiger partial charge in [0.25, 0.3) is 0 Å². The number of halogens is 1. The number of benzene rings is 2. The second kappa shape index (κ2) is 9.46. The first kappa shape index (κ1) is 20.1. The summed E-state index contributed by atoms with van der Waals surface area (Å²) in [6.07, 6.45) is 0.974. The maximum absolute atomic E-state index is 10.3. The Balaban J connectivity index is 0.000000260. The molecule has 0 radical (unpaired) electrons. The van der Waals surface area contributed by atoms with Gasteiger partial charge in [-0.15, -0.1) is 0 Å². The monoisotopic (exact) mass is 376 g/mol. The van der Waals surface area contributed by atoms with Crippen LogP contribution in [0.2, 0.25) is 0 Å². The first-order valence-electron chi connectivity index (χ1n) is 8.50. The van der Waals surface area contributed by atoms with E-state index in [0.717, 1.165) is 23.8 Å². The average molecular weight is 377 g/mol. The van der Waals surface area contributed by atoms with E-state index in [4.69, 9.17) is 16.5 Å². The van der Waals surface area contributed by atoms with Crippen LogP contribution in [0.15, 0.2) is 42.5 Å². The Morgan fingerprint density at radius 1 is 1.19 bits per heavy atom. The van der Waals surface area contributed by atoms with E-state index in [9.17, 15) is 4.79 Å². The average Bonchev–Trinajstić information content (AvgIpc) is 2.64. The molecule has 0 atom stereocenters. The molecule has 0 aromatic heterocycles. The molecule has 2 amide bonds. The van der Waals surface area contributed by atoms with E-state index in [-0.39, 0.29) is 0 Å². The molecule has 1 aromatic rings. The number of rotatable bonds is 6. The summed E-state index contributed by atoms with van der Waals surface area (Å²) < 4.78 is 5.75. The number of amides is 2. The molecule has 2 aliphatic carbocycles. The molecule has 0 saturated heterocycles. The predicted molar refractivity (Wildman–Crippen MR) is 103 cm³/mol. The molecule has 26 heavy (non-hydrogen) atoms. The quantitative estimate of drug-likeness (QED) is 0.513. The summed E-state index contributed by atoms with van der Waals surface area (Å²) >= 11 is 4.90. The van der Waals surface area contributed by atoms with Gasteiger partial charge in [-0.3, -0.25) is 4.84 Å². The molecular formula is C20H25ClN2O3. The molecule has 0 unspecified atom stereocenters. The van der Waals surface area contributed by atoms with Gasteiger partial charge in [0.15, 0.2) is 0 Å². The Bertz CT molecular complexity index is 822. The fraction of sp³-hybridized carbons (Fsp3) is 0.350. The van der Waals surface area contributed by atoms with Gasteiger partial charge in [-0.05, 0) is 28.3 Å². The van der Waals surface area contributed by atoms with Gasteiger partial charge in [-0.25, -0.2) is 14.7 Å². The van der Waals surface area contributed by atoms with Gasteiger partial charge < -0.3 is 4.74 Å². The summed E-state index contributed by atoms with van der Waals surface area (Å²) in [5, 5.41) is 3.60. The number of hydrogen-bond acceptors (Lipinski definition) is 3. The number of ether oxygens (including phenoxy) is 1. The standard InChI is InChI=1S/C17H18O.C3H7ClN2O2/c1-12(2)14-5-3-13(4-6-14)9-10-18-17-11-15-7-8-16(15)17;1-6(8-2)3(7)5-4/h3-8,11-12H,9-10H2,1-2H3;1-2H3,(H,5,7). The van der Waals surface area contributed by atoms with Crippen LogP contribution in [-0.2, 0) is 11.3 Å². The molecule has 0 heterocycles. The lowest BCUT2D eigenvalue weighted by Crippen LogP contribution is -2.31. The molecule has 6 heteroatoms. The number of carbonyl (C=O) groups excluding carboxylic acids is 1. The Labute approximate surface area is 159 Å². The highest BCUT2D eigenvalue weighted by Crippen LogP contribution is 2.24. The first-order valence-corrected chi connectivity index (χ1v) is 8.88. The zero-order valence-electron chi connectivity index (χ0n) is 15.6. The molecular weight excluding hydrogens is 352 g/mol. The lowest BCUT2D eigenvalue weighted by molar-refractivity contribution is -0.0629. The SMILES string of the molecule is CC(C)c1ccc(CCOc2cc3ccc2=3)cc1.CON(C)C(=O)NCl. The van der Waals surface area contributed by atoms with Crippen molar-refractivity contribution in [2.75, 3.05) is 20.8 Å². The number of urea groups is 1. The van der Waals surface area contributed by atoms with Gasteiger partial charge in [0.2, 0.25) is 0 Å². The van der Waals surface area contributed by atoms with E-state index in [2.05, 4.69) is 61.1 Å². The second-order valence-electron chi connectivity index (χ2n) is 6.29. The van der Waals surface area contributed by atoms with Crippen molar-refractivity contribution in [2.45, 2.75) is 26.2 Å². The van der Waals surface area contributed by atoms with Crippen LogP contribution < -0.4 is 9.57 Å². The van der Waals surface area contributed by atoms with Crippen LogP contribution in [0.5, 0.6) is 5.75 Å². The summed E-state index contributed by atoms with van der Waals surface area (Å²) in [7, 11) is 2.81. The minimum Gasteiger partial charge on any atom is -0.493 e. The highest BCUT2D eigenvalue weighted by atomic mass is 35.5. The van der Waals surface area contributed by atoms with Crippen LogP contribution in [-0.4, -0.2) is 31.9 Å². The first-order chi connectivity index (χ1) is 12.5. The minimum atomic E-state index is -0.492. The van der Waals surface area contributed by atoms with Crippen molar-refractivity contribution in [3.05, 3.63) is 64.0 Å². The Hall–Kier alpha value is -2.24. The molecule has 0 spiro atoms. The third-order valence-corrected chi connectivity index (χ3v) is 4.39. The summed E-state index contributed by atoms with van der Waals surface area (Å²) in [6, 6.07) is 14.7. The zero-order chi connectivity index (χ0) is 19.1. The summed E-state index contributed by atoms with van der Waals surface area (Å²) in [5.41, 5.74) is 2.74. The van der Waals surface area contributed by atoms with Crippen molar-refractivity contribution in [3.63, 3.8) is 0 Å². The van der Waals surface area contributed by atoms with E-state index in [1.54, 1.807) is 0 Å². The van der Waals surface area contributed by atoms with Crippen molar-refractivity contribution < 1.29 is 14.4 Å². The molecule has 0 saturated carbocycles. The van der Waals surface area contributed by atoms with Crippen LogP contribution in [0.4, 0.5) is 4.79 Å². The van der Waals surface area contributed by atoms with Crippen LogP contribution in [0.25, 0.3) is 0 Å². The van der Waals surface area contributed by atoms with Crippen molar-refractivity contribution in [2.24, 2.45) is 0 Å². The number of hydrogen-bond donors (Lipinski definition) is 1. The highest BCUT2D eigenvalue weighted by molar-refractivity contribution is 6.20. The molecule has 0 aliphatic heterocycles. The molecule has 140 valence electrons. The molecule has 0 bridgehead atoms. The number of carbonyl (C=O) groups is 1. The third-order valence-electron chi connectivity index (χ3n) is 4.23. The van der Waals surface area contributed by atoms with Gasteiger partial charge in [0.1, 0.15) is 5.75 Å². The number of nitrogens with one attached hydrogen (secondary N) is 1. The van der Waals surface area contributed by atoms with Gasteiger partial charge in [0.05, 0.1) is 13.7 Å². The lowest BCUT2D eigenvalue weighted by Gasteiger charge is -2.13. The number of hydroxylamine groups is 2. The summed E-state index contributed by atoms with van der Waals surface area (Å²) in [6.45, 7) is 5.20. The molecule has 0 fully saturated rings. The molecule has 1 aromatic carbocycles. The number of nitrogens with zero attached hydrogens (tertiary/aromatic N) is 1. The van der Waals surface area contributed by atoms with E-state index in [0.29, 0.717) is 5.92 Å². The molecule has 2 aliphatic rings. The Morgan fingerprint density at radius 3 is 2.27 bits per heavy atom. The maximum Gasteiger partial charge on any atom is 0.355 e. The van der Waals surface area contributed by atoms with Crippen LogP contribution >= 0.6 is 11.8 Å². The lowest BCUT2D eigenvalue weighted by atomic mass is 10.0. The van der Waals surface area contributed by atoms with E-state index in [1.807, 2.05) is 4.84 Å². The van der Waals surface area contributed by atoms with Crippen LogP contribution in [0, 0.1) is 10.4 Å². The molecule has 1 N–H and O–H groups in total. The maximum atomic E-state index is 10.3. The zero-order valence-corrected chi connectivity index (χ0v) is 16.3. The smallest absolute Gasteiger partial charge is 0.355 e. The second-order valence-corrected chi connectivity index (χ2v) is 6.47. The van der Waals surface area contributed by atoms with Crippen molar-refractivity contribution in [3.8, 4) is 5.75 Å². The molecule has 5 nitrogen and oxygen atoms in total. The Morgan fingerprint density at radius 2 is 1.88 bits per heavy atom. The minimum absolute atomic E-state index is 0.492. The van der Waals surface area contributed by atoms with Crippen molar-refractivity contribution in [1.82, 2.24) is 9.90 Å². The van der Waals surface area contributed by atoms with E-state index in [1.165, 1.54) is 35.7 Å². The normalized spacial score (nSPS) is 10.7. The van der Waals surface area contributed by atoms with E-state index < -0.39 is 6.03 Å². The van der Waals surface area contributed by atoms with Gasteiger partial charge in [-0.1, -0.05) is 50.2 Å². The van der Waals surface area contributed by atoms with Crippen molar-refractivity contribution in [1.29, 1.82) is 0 Å². The van der Waals surface area contributed by atoms with Gasteiger partial charge >= 0.3 is 6.03 Å². The fourth-order valence-electron chi connectivity index (χ4n) is 2.36. The Kier molecular flexibility index (Phi) is 7.30. The van der Waals surface area contributed by atoms with Gasteiger partial charge in [0, 0.05) is 30.5 Å². The molecule has 3 rings (SSSR count). The topological polar surface area (TPSA) is 50.8 Å². The van der Waals surface area contributed by atoms with Gasteiger partial charge in [-0.2, -0.15) is 0 Å². The van der Waals surface area contributed by atoms with Crippen LogP contribution in [0.1, 0.15) is 30.9 Å².